The van der Waals surface area contributed by atoms with Crippen LogP contribution in [0.4, 0.5) is 5.69 Å². The first kappa shape index (κ1) is 19.5. The average Bonchev–Trinajstić information content (AvgIpc) is 2.74. The van der Waals surface area contributed by atoms with Crippen LogP contribution in [0.25, 0.3) is 0 Å². The highest BCUT2D eigenvalue weighted by atomic mass is 32.2. The predicted molar refractivity (Wildman–Crippen MR) is 120 cm³/mol. The number of carbonyl (C=O) groups is 1. The maximum atomic E-state index is 12.9. The van der Waals surface area contributed by atoms with E-state index in [2.05, 4.69) is 10.2 Å². The minimum absolute atomic E-state index is 0.199. The summed E-state index contributed by atoms with van der Waals surface area (Å²) in [5.41, 5.74) is 0.974. The van der Waals surface area contributed by atoms with Crippen molar-refractivity contribution in [1.82, 2.24) is 10.2 Å². The largest absolute Gasteiger partial charge is 0.352 e. The van der Waals surface area contributed by atoms with Gasteiger partial charge in [0, 0.05) is 19.1 Å². The zero-order chi connectivity index (χ0) is 19.6. The molecule has 1 saturated heterocycles. The molecule has 4 bridgehead atoms. The first-order valence-corrected chi connectivity index (χ1v) is 12.5. The zero-order valence-corrected chi connectivity index (χ0v) is 18.1. The van der Waals surface area contributed by atoms with Gasteiger partial charge in [-0.05, 0) is 87.2 Å². The molecule has 1 N–H and O–H groups in total. The lowest BCUT2D eigenvalue weighted by Crippen LogP contribution is -2.56. The number of aliphatic imine (C=N–C) groups is 1. The zero-order valence-electron chi connectivity index (χ0n) is 17.3. The first-order chi connectivity index (χ1) is 14.2. The minimum Gasteiger partial charge on any atom is -0.352 e. The van der Waals surface area contributed by atoms with Crippen molar-refractivity contribution in [1.29, 1.82) is 0 Å². The summed E-state index contributed by atoms with van der Waals surface area (Å²) in [6.45, 7) is 2.10. The molecule has 0 spiro atoms. The number of nitrogens with zero attached hydrogens (tertiary/aromatic N) is 2. The number of para-hydroxylation sites is 1. The second kappa shape index (κ2) is 8.71. The molecule has 4 nitrogen and oxygen atoms in total. The van der Waals surface area contributed by atoms with Crippen molar-refractivity contribution >= 4 is 28.5 Å². The molecule has 6 rings (SSSR count). The highest BCUT2D eigenvalue weighted by Gasteiger charge is 2.48. The fourth-order valence-corrected chi connectivity index (χ4v) is 7.29. The van der Waals surface area contributed by atoms with Gasteiger partial charge in [-0.2, -0.15) is 0 Å². The third-order valence-electron chi connectivity index (χ3n) is 7.49. The van der Waals surface area contributed by atoms with Crippen molar-refractivity contribution < 1.29 is 4.79 Å². The van der Waals surface area contributed by atoms with Crippen LogP contribution >= 0.6 is 11.8 Å². The summed E-state index contributed by atoms with van der Waals surface area (Å²) in [7, 11) is 0. The average molecular weight is 412 g/mol. The Bertz CT molecular complexity index is 716. The fourth-order valence-electron chi connectivity index (χ4n) is 6.41. The molecule has 0 aromatic heterocycles. The van der Waals surface area contributed by atoms with Crippen LogP contribution in [0.15, 0.2) is 35.3 Å². The van der Waals surface area contributed by atoms with Crippen LogP contribution < -0.4 is 5.32 Å². The highest BCUT2D eigenvalue weighted by Crippen LogP contribution is 2.53. The summed E-state index contributed by atoms with van der Waals surface area (Å²) in [6, 6.07) is 10.6. The second-order valence-electron chi connectivity index (χ2n) is 9.59. The van der Waals surface area contributed by atoms with E-state index in [9.17, 15) is 4.79 Å². The summed E-state index contributed by atoms with van der Waals surface area (Å²) in [4.78, 5) is 20.1. The topological polar surface area (TPSA) is 44.7 Å². The third kappa shape index (κ3) is 4.50. The maximum absolute atomic E-state index is 12.9. The van der Waals surface area contributed by atoms with E-state index in [1.54, 1.807) is 11.8 Å². The summed E-state index contributed by atoms with van der Waals surface area (Å²) in [6.07, 6.45) is 10.6. The van der Waals surface area contributed by atoms with Crippen LogP contribution in [0.2, 0.25) is 0 Å². The number of rotatable bonds is 4. The number of carbonyl (C=O) groups excluding carboxylic acids is 1. The number of benzene rings is 1. The number of piperidine rings is 1. The van der Waals surface area contributed by atoms with Gasteiger partial charge in [0.25, 0.3) is 0 Å². The van der Waals surface area contributed by atoms with E-state index in [0.29, 0.717) is 11.8 Å². The van der Waals surface area contributed by atoms with E-state index < -0.39 is 0 Å². The Kier molecular flexibility index (Phi) is 5.85. The van der Waals surface area contributed by atoms with Crippen molar-refractivity contribution in [2.75, 3.05) is 18.8 Å². The smallest absolute Gasteiger partial charge is 0.230 e. The van der Waals surface area contributed by atoms with Crippen LogP contribution in [0, 0.1) is 23.7 Å². The van der Waals surface area contributed by atoms with E-state index in [1.165, 1.54) is 51.4 Å². The number of amides is 1. The van der Waals surface area contributed by atoms with Gasteiger partial charge in [0.2, 0.25) is 5.91 Å². The lowest BCUT2D eigenvalue weighted by atomic mass is 9.54. The number of amidine groups is 1. The number of thioether (sulfide) groups is 1. The number of likely N-dealkylation sites (tertiary alicyclic amines) is 1. The SMILES string of the molecule is O=C(CSC(=Nc1ccccc1)N1CCCCC1)NC1C2CC3CC(C2)CC1C3. The predicted octanol–water partition coefficient (Wildman–Crippen LogP) is 4.83. The van der Waals surface area contributed by atoms with E-state index in [-0.39, 0.29) is 5.91 Å². The molecule has 5 aliphatic rings. The molecule has 4 saturated carbocycles. The number of hydrogen-bond acceptors (Lipinski definition) is 3. The number of nitrogens with one attached hydrogen (secondary N) is 1. The van der Waals surface area contributed by atoms with Gasteiger partial charge in [-0.25, -0.2) is 4.99 Å². The van der Waals surface area contributed by atoms with E-state index >= 15 is 0 Å². The molecule has 0 atom stereocenters. The molecule has 156 valence electrons. The molecule has 1 heterocycles. The molecule has 4 aliphatic carbocycles. The lowest BCUT2D eigenvalue weighted by Gasteiger charge is -2.54. The standard InChI is InChI=1S/C24H33N3OS/c28-22(26-23-19-12-17-11-18(14-19)15-20(23)13-17)16-29-24(27-9-5-2-6-10-27)25-21-7-3-1-4-8-21/h1,3-4,7-8,17-20,23H,2,5-6,9-16H2,(H,26,28). The Morgan fingerprint density at radius 3 is 2.28 bits per heavy atom. The van der Waals surface area contributed by atoms with E-state index in [1.807, 2.05) is 30.3 Å². The molecule has 1 aromatic carbocycles. The van der Waals surface area contributed by atoms with E-state index in [4.69, 9.17) is 4.99 Å². The van der Waals surface area contributed by atoms with Gasteiger partial charge >= 0.3 is 0 Å². The molecule has 5 fully saturated rings. The van der Waals surface area contributed by atoms with Crippen LogP contribution in [-0.2, 0) is 4.79 Å². The van der Waals surface area contributed by atoms with Crippen molar-refractivity contribution in [3.05, 3.63) is 30.3 Å². The molecule has 1 amide bonds. The molecule has 0 radical (unpaired) electrons. The van der Waals surface area contributed by atoms with Gasteiger partial charge in [0.15, 0.2) is 5.17 Å². The number of hydrogen-bond donors (Lipinski definition) is 1. The molecular weight excluding hydrogens is 378 g/mol. The Morgan fingerprint density at radius 2 is 1.62 bits per heavy atom. The van der Waals surface area contributed by atoms with Gasteiger partial charge in [0.1, 0.15) is 0 Å². The summed E-state index contributed by atoms with van der Waals surface area (Å²) in [5.74, 6) is 4.04. The lowest BCUT2D eigenvalue weighted by molar-refractivity contribution is -0.122. The summed E-state index contributed by atoms with van der Waals surface area (Å²) in [5, 5.41) is 4.46. The van der Waals surface area contributed by atoms with Crippen LogP contribution in [0.1, 0.15) is 51.4 Å². The van der Waals surface area contributed by atoms with Gasteiger partial charge < -0.3 is 10.2 Å². The van der Waals surface area contributed by atoms with Crippen LogP contribution in [0.3, 0.4) is 0 Å². The second-order valence-corrected chi connectivity index (χ2v) is 10.5. The van der Waals surface area contributed by atoms with Gasteiger partial charge in [-0.1, -0.05) is 30.0 Å². The fraction of sp³-hybridized carbons (Fsp3) is 0.667. The molecule has 1 aliphatic heterocycles. The molecule has 1 aromatic rings. The van der Waals surface area contributed by atoms with Gasteiger partial charge in [-0.15, -0.1) is 0 Å². The van der Waals surface area contributed by atoms with Gasteiger partial charge in [0.05, 0.1) is 11.4 Å². The van der Waals surface area contributed by atoms with Crippen molar-refractivity contribution in [3.8, 4) is 0 Å². The molecule has 5 heteroatoms. The Labute approximate surface area is 178 Å². The van der Waals surface area contributed by atoms with Crippen LogP contribution in [-0.4, -0.2) is 40.9 Å². The summed E-state index contributed by atoms with van der Waals surface area (Å²) < 4.78 is 0. The van der Waals surface area contributed by atoms with Crippen LogP contribution in [0.5, 0.6) is 0 Å². The van der Waals surface area contributed by atoms with Crippen molar-refractivity contribution in [2.24, 2.45) is 28.7 Å². The summed E-state index contributed by atoms with van der Waals surface area (Å²) >= 11 is 1.62. The Hall–Kier alpha value is -1.49. The molecule has 29 heavy (non-hydrogen) atoms. The Balaban J connectivity index is 1.21. The first-order valence-electron chi connectivity index (χ1n) is 11.6. The normalized spacial score (nSPS) is 33.7. The highest BCUT2D eigenvalue weighted by molar-refractivity contribution is 8.14. The quantitative estimate of drug-likeness (QED) is 0.570. The van der Waals surface area contributed by atoms with Crippen molar-refractivity contribution in [2.45, 2.75) is 57.4 Å². The molecule has 0 unspecified atom stereocenters. The minimum atomic E-state index is 0.199. The molecular formula is C24H33N3OS. The third-order valence-corrected chi connectivity index (χ3v) is 8.51. The monoisotopic (exact) mass is 411 g/mol. The van der Waals surface area contributed by atoms with Gasteiger partial charge in [-0.3, -0.25) is 4.79 Å². The van der Waals surface area contributed by atoms with Crippen molar-refractivity contribution in [3.63, 3.8) is 0 Å². The van der Waals surface area contributed by atoms with E-state index in [0.717, 1.165) is 47.6 Å². The maximum Gasteiger partial charge on any atom is 0.230 e. The Morgan fingerprint density at radius 1 is 0.966 bits per heavy atom.